The summed E-state index contributed by atoms with van der Waals surface area (Å²) in [7, 11) is -3.96. The van der Waals surface area contributed by atoms with Crippen LogP contribution in [0.15, 0.2) is 24.3 Å². The molecule has 29 heavy (non-hydrogen) atoms. The predicted molar refractivity (Wildman–Crippen MR) is 110 cm³/mol. The fourth-order valence-corrected chi connectivity index (χ4v) is 11.4. The van der Waals surface area contributed by atoms with E-state index in [1.165, 1.54) is 0 Å². The van der Waals surface area contributed by atoms with Crippen LogP contribution in [0.4, 0.5) is 0 Å². The molecule has 0 aromatic rings. The lowest BCUT2D eigenvalue weighted by Crippen LogP contribution is -2.44. The number of carboxylic acids is 2. The number of hydrogen-bond donors (Lipinski definition) is 2. The van der Waals surface area contributed by atoms with Crippen molar-refractivity contribution in [2.75, 3.05) is 13.2 Å². The van der Waals surface area contributed by atoms with Crippen LogP contribution in [0, 0.1) is 0 Å². The Bertz CT molecular complexity index is 585. The molecule has 0 aliphatic rings. The van der Waals surface area contributed by atoms with E-state index in [1.807, 2.05) is 0 Å². The number of carbonyl (C=O) groups is 4. The highest BCUT2D eigenvalue weighted by Gasteiger charge is 2.32. The van der Waals surface area contributed by atoms with Crippen molar-refractivity contribution in [2.45, 2.75) is 51.1 Å². The minimum absolute atomic E-state index is 0.199. The van der Waals surface area contributed by atoms with E-state index in [-0.39, 0.29) is 13.2 Å². The molecule has 0 spiro atoms. The Morgan fingerprint density at radius 3 is 1.34 bits per heavy atom. The summed E-state index contributed by atoms with van der Waals surface area (Å²) >= 11 is 0. The van der Waals surface area contributed by atoms with Crippen LogP contribution in [0.3, 0.4) is 0 Å². The van der Waals surface area contributed by atoms with Crippen LogP contribution in [-0.2, 0) is 32.8 Å². The third kappa shape index (κ3) is 16.4. The molecule has 0 rings (SSSR count). The summed E-state index contributed by atoms with van der Waals surface area (Å²) in [6.07, 6.45) is 4.48. The summed E-state index contributed by atoms with van der Waals surface area (Å²) in [5.74, 6) is -3.78. The Hall–Kier alpha value is -2.25. The van der Waals surface area contributed by atoms with Gasteiger partial charge in [0.15, 0.2) is 16.6 Å². The van der Waals surface area contributed by atoms with Gasteiger partial charge in [0.05, 0.1) is 13.2 Å². The minimum atomic E-state index is -1.98. The molecule has 0 bridgehead atoms. The van der Waals surface area contributed by atoms with Crippen LogP contribution in [0.5, 0.6) is 0 Å². The lowest BCUT2D eigenvalue weighted by Gasteiger charge is -2.34. The number of aliphatic carboxylic acids is 2. The average Bonchev–Trinajstić information content (AvgIpc) is 2.58. The first-order valence-corrected chi connectivity index (χ1v) is 15.4. The van der Waals surface area contributed by atoms with Crippen LogP contribution >= 0.6 is 0 Å². The van der Waals surface area contributed by atoms with Crippen LogP contribution in [-0.4, -0.2) is 63.9 Å². The Balaban J connectivity index is 4.17. The van der Waals surface area contributed by atoms with Crippen molar-refractivity contribution in [2.24, 2.45) is 0 Å². The van der Waals surface area contributed by atoms with Gasteiger partial charge in [0.1, 0.15) is 0 Å². The van der Waals surface area contributed by atoms with Gasteiger partial charge < -0.3 is 23.8 Å². The van der Waals surface area contributed by atoms with E-state index >= 15 is 0 Å². The molecular weight excluding hydrogens is 416 g/mol. The molecule has 2 N–H and O–H groups in total. The predicted octanol–water partition coefficient (Wildman–Crippen LogP) is 2.56. The van der Waals surface area contributed by atoms with Gasteiger partial charge in [-0.1, -0.05) is 0 Å². The van der Waals surface area contributed by atoms with Gasteiger partial charge in [-0.3, -0.25) is 0 Å². The first-order valence-electron chi connectivity index (χ1n) is 9.19. The number of hydrogen-bond acceptors (Lipinski definition) is 7. The first kappa shape index (κ1) is 26.8. The summed E-state index contributed by atoms with van der Waals surface area (Å²) in [6.45, 7) is 8.75. The number of rotatable bonds is 14. The number of ether oxygens (including phenoxy) is 2. The van der Waals surface area contributed by atoms with E-state index in [4.69, 9.17) is 23.8 Å². The van der Waals surface area contributed by atoms with E-state index in [0.29, 0.717) is 12.8 Å². The zero-order chi connectivity index (χ0) is 22.5. The molecule has 0 aromatic carbocycles. The maximum atomic E-state index is 11.3. The summed E-state index contributed by atoms with van der Waals surface area (Å²) in [5, 5.41) is 16.9. The van der Waals surface area contributed by atoms with Crippen LogP contribution in [0.2, 0.25) is 38.3 Å². The molecule has 0 atom stereocenters. The van der Waals surface area contributed by atoms with E-state index in [1.54, 1.807) is 0 Å². The average molecular weight is 447 g/mol. The van der Waals surface area contributed by atoms with E-state index in [9.17, 15) is 19.2 Å². The van der Waals surface area contributed by atoms with Crippen molar-refractivity contribution >= 4 is 40.5 Å². The summed E-state index contributed by atoms with van der Waals surface area (Å²) in [5.41, 5.74) is 0. The van der Waals surface area contributed by atoms with Gasteiger partial charge in [0.2, 0.25) is 0 Å². The largest absolute Gasteiger partial charge is 0.478 e. The lowest BCUT2D eigenvalue weighted by atomic mass is 10.5. The van der Waals surface area contributed by atoms with Crippen LogP contribution < -0.4 is 0 Å². The number of esters is 2. The molecule has 11 heteroatoms. The Kier molecular flexibility index (Phi) is 12.1. The quantitative estimate of drug-likeness (QED) is 0.178. The van der Waals surface area contributed by atoms with Crippen molar-refractivity contribution in [1.29, 1.82) is 0 Å². The normalized spacial score (nSPS) is 12.3. The fourth-order valence-electron chi connectivity index (χ4n) is 2.57. The van der Waals surface area contributed by atoms with Gasteiger partial charge >= 0.3 is 23.9 Å². The first-order chi connectivity index (χ1) is 13.3. The Morgan fingerprint density at radius 2 is 1.03 bits per heavy atom. The van der Waals surface area contributed by atoms with Gasteiger partial charge in [0.25, 0.3) is 0 Å². The molecule has 0 aliphatic heterocycles. The summed E-state index contributed by atoms with van der Waals surface area (Å²) < 4.78 is 16.3. The maximum absolute atomic E-state index is 11.3. The standard InChI is InChI=1S/C18H30O9Si2/c1-28(2,13-5-11-25-17(23)9-7-15(19)20)27-29(3,4)14-6-12-26-18(24)10-8-16(21)22/h7-10H,5-6,11-14H2,1-4H3,(H,19,20)(H,21,22). The zero-order valence-electron chi connectivity index (χ0n) is 17.3. The smallest absolute Gasteiger partial charge is 0.331 e. The third-order valence-corrected chi connectivity index (χ3v) is 11.1. The molecule has 0 amide bonds. The van der Waals surface area contributed by atoms with E-state index in [2.05, 4.69) is 26.2 Å². The molecule has 9 nitrogen and oxygen atoms in total. The fraction of sp³-hybridized carbons (Fsp3) is 0.556. The van der Waals surface area contributed by atoms with Gasteiger partial charge in [-0.2, -0.15) is 0 Å². The molecular formula is C18H30O9Si2. The van der Waals surface area contributed by atoms with Crippen molar-refractivity contribution in [1.82, 2.24) is 0 Å². The molecule has 0 radical (unpaired) electrons. The van der Waals surface area contributed by atoms with Crippen molar-refractivity contribution in [3.8, 4) is 0 Å². The van der Waals surface area contributed by atoms with Crippen molar-refractivity contribution < 1.29 is 43.0 Å². The topological polar surface area (TPSA) is 136 Å². The van der Waals surface area contributed by atoms with Crippen LogP contribution in [0.1, 0.15) is 12.8 Å². The molecule has 0 fully saturated rings. The van der Waals surface area contributed by atoms with Gasteiger partial charge in [-0.05, 0) is 51.1 Å². The molecule has 0 aliphatic carbocycles. The molecule has 0 aromatic heterocycles. The molecule has 0 saturated carbocycles. The summed E-state index contributed by atoms with van der Waals surface area (Å²) in [6, 6.07) is 1.57. The molecule has 0 heterocycles. The van der Waals surface area contributed by atoms with E-state index in [0.717, 1.165) is 36.4 Å². The van der Waals surface area contributed by atoms with Gasteiger partial charge in [-0.25, -0.2) is 19.2 Å². The highest BCUT2D eigenvalue weighted by molar-refractivity contribution is 6.84. The monoisotopic (exact) mass is 446 g/mol. The van der Waals surface area contributed by atoms with Crippen molar-refractivity contribution in [3.05, 3.63) is 24.3 Å². The zero-order valence-corrected chi connectivity index (χ0v) is 19.3. The van der Waals surface area contributed by atoms with Crippen LogP contribution in [0.25, 0.3) is 0 Å². The second-order valence-corrected chi connectivity index (χ2v) is 16.4. The molecule has 0 saturated heterocycles. The second kappa shape index (κ2) is 13.1. The Morgan fingerprint density at radius 1 is 0.690 bits per heavy atom. The number of carboxylic acid groups (broad SMARTS) is 2. The molecule has 164 valence electrons. The Labute approximate surface area is 172 Å². The third-order valence-electron chi connectivity index (χ3n) is 3.61. The SMILES string of the molecule is C[Si](C)(CCCOC(=O)C=CC(=O)O)O[Si](C)(C)CCCOC(=O)C=CC(=O)O. The van der Waals surface area contributed by atoms with E-state index < -0.39 is 40.5 Å². The maximum Gasteiger partial charge on any atom is 0.331 e. The summed E-state index contributed by atoms with van der Waals surface area (Å²) in [4.78, 5) is 43.3. The second-order valence-electron chi connectivity index (χ2n) is 7.51. The lowest BCUT2D eigenvalue weighted by molar-refractivity contribution is -0.139. The highest BCUT2D eigenvalue weighted by Crippen LogP contribution is 2.23. The van der Waals surface area contributed by atoms with Gasteiger partial charge in [0, 0.05) is 24.3 Å². The minimum Gasteiger partial charge on any atom is -0.478 e. The number of carbonyl (C=O) groups excluding carboxylic acids is 2. The van der Waals surface area contributed by atoms with Crippen molar-refractivity contribution in [3.63, 3.8) is 0 Å². The van der Waals surface area contributed by atoms with Gasteiger partial charge in [-0.15, -0.1) is 0 Å². The molecule has 0 unspecified atom stereocenters. The highest BCUT2D eigenvalue weighted by atomic mass is 28.4.